The maximum atomic E-state index is 5.97. The third-order valence-corrected chi connectivity index (χ3v) is 4.26. The second-order valence-corrected chi connectivity index (χ2v) is 5.49. The molecule has 0 amide bonds. The lowest BCUT2D eigenvalue weighted by Crippen LogP contribution is -2.09. The number of hydrogen-bond acceptors (Lipinski definition) is 3. The van der Waals surface area contributed by atoms with Crippen molar-refractivity contribution in [3.05, 3.63) is 17.7 Å². The van der Waals surface area contributed by atoms with E-state index in [-0.39, 0.29) is 0 Å². The first kappa shape index (κ1) is 14.5. The molecular weight excluding hydrogens is 308 g/mol. The summed E-state index contributed by atoms with van der Waals surface area (Å²) < 4.78 is 16.8. The number of benzene rings is 1. The van der Waals surface area contributed by atoms with Crippen LogP contribution in [0.3, 0.4) is 0 Å². The Morgan fingerprint density at radius 2 is 1.68 bits per heavy atom. The second kappa shape index (κ2) is 7.04. The van der Waals surface area contributed by atoms with E-state index in [9.17, 15) is 0 Å². The van der Waals surface area contributed by atoms with E-state index < -0.39 is 0 Å². The third-order valence-electron chi connectivity index (χ3n) is 3.61. The predicted octanol–water partition coefficient (Wildman–Crippen LogP) is 4.17. The lowest BCUT2D eigenvalue weighted by Gasteiger charge is -2.17. The zero-order chi connectivity index (χ0) is 13.7. The number of halogens is 1. The minimum Gasteiger partial charge on any atom is -0.493 e. The van der Waals surface area contributed by atoms with Gasteiger partial charge in [0.05, 0.1) is 20.8 Å². The molecule has 19 heavy (non-hydrogen) atoms. The van der Waals surface area contributed by atoms with Gasteiger partial charge < -0.3 is 14.2 Å². The van der Waals surface area contributed by atoms with Gasteiger partial charge in [-0.2, -0.15) is 0 Å². The van der Waals surface area contributed by atoms with Gasteiger partial charge in [-0.1, -0.05) is 28.8 Å². The molecule has 0 aromatic heterocycles. The SMILES string of the molecule is COc1cc(CBr)cc(OC)c1OCC1CCCC1. The Balaban J connectivity index is 2.16. The lowest BCUT2D eigenvalue weighted by atomic mass is 10.1. The molecule has 0 atom stereocenters. The molecular formula is C15H21BrO3. The molecule has 0 unspecified atom stereocenters. The topological polar surface area (TPSA) is 27.7 Å². The van der Waals surface area contributed by atoms with E-state index in [0.29, 0.717) is 5.92 Å². The van der Waals surface area contributed by atoms with Crippen molar-refractivity contribution >= 4 is 15.9 Å². The monoisotopic (exact) mass is 328 g/mol. The van der Waals surface area contributed by atoms with E-state index in [0.717, 1.165) is 34.7 Å². The van der Waals surface area contributed by atoms with Crippen LogP contribution in [0.15, 0.2) is 12.1 Å². The maximum absolute atomic E-state index is 5.97. The summed E-state index contributed by atoms with van der Waals surface area (Å²) in [5.41, 5.74) is 1.11. The summed E-state index contributed by atoms with van der Waals surface area (Å²) in [4.78, 5) is 0. The van der Waals surface area contributed by atoms with Crippen molar-refractivity contribution in [1.82, 2.24) is 0 Å². The van der Waals surface area contributed by atoms with Gasteiger partial charge in [-0.25, -0.2) is 0 Å². The molecule has 0 saturated heterocycles. The fourth-order valence-electron chi connectivity index (χ4n) is 2.53. The van der Waals surface area contributed by atoms with Gasteiger partial charge in [-0.05, 0) is 36.5 Å². The smallest absolute Gasteiger partial charge is 0.203 e. The van der Waals surface area contributed by atoms with Crippen molar-refractivity contribution in [2.45, 2.75) is 31.0 Å². The van der Waals surface area contributed by atoms with Crippen LogP contribution in [0.2, 0.25) is 0 Å². The van der Waals surface area contributed by atoms with E-state index in [4.69, 9.17) is 14.2 Å². The van der Waals surface area contributed by atoms with E-state index in [1.165, 1.54) is 25.7 Å². The quantitative estimate of drug-likeness (QED) is 0.733. The first-order valence-corrected chi connectivity index (χ1v) is 7.84. The molecule has 0 radical (unpaired) electrons. The van der Waals surface area contributed by atoms with Gasteiger partial charge in [0.25, 0.3) is 0 Å². The minimum atomic E-state index is 0.672. The van der Waals surface area contributed by atoms with E-state index >= 15 is 0 Å². The Morgan fingerprint density at radius 1 is 1.11 bits per heavy atom. The van der Waals surface area contributed by atoms with E-state index in [1.807, 2.05) is 12.1 Å². The fourth-order valence-corrected chi connectivity index (χ4v) is 2.86. The predicted molar refractivity (Wildman–Crippen MR) is 79.6 cm³/mol. The van der Waals surface area contributed by atoms with Gasteiger partial charge in [-0.15, -0.1) is 0 Å². The summed E-state index contributed by atoms with van der Waals surface area (Å²) in [7, 11) is 3.32. The highest BCUT2D eigenvalue weighted by molar-refractivity contribution is 9.08. The molecule has 1 saturated carbocycles. The zero-order valence-corrected chi connectivity index (χ0v) is 13.2. The number of methoxy groups -OCH3 is 2. The molecule has 0 aliphatic heterocycles. The van der Waals surface area contributed by atoms with Crippen molar-refractivity contribution in [1.29, 1.82) is 0 Å². The number of hydrogen-bond donors (Lipinski definition) is 0. The normalized spacial score (nSPS) is 15.5. The standard InChI is InChI=1S/C15H21BrO3/c1-17-13-7-12(9-16)8-14(18-2)15(13)19-10-11-5-3-4-6-11/h7-8,11H,3-6,9-10H2,1-2H3. The molecule has 1 aliphatic carbocycles. The molecule has 0 heterocycles. The highest BCUT2D eigenvalue weighted by Crippen LogP contribution is 2.40. The van der Waals surface area contributed by atoms with E-state index in [1.54, 1.807) is 14.2 Å². The average molecular weight is 329 g/mol. The first-order chi connectivity index (χ1) is 9.28. The minimum absolute atomic E-state index is 0.672. The Bertz CT molecular complexity index is 389. The van der Waals surface area contributed by atoms with Gasteiger partial charge in [0.2, 0.25) is 5.75 Å². The molecule has 1 aromatic rings. The van der Waals surface area contributed by atoms with Crippen LogP contribution >= 0.6 is 15.9 Å². The third kappa shape index (κ3) is 3.56. The van der Waals surface area contributed by atoms with Crippen molar-refractivity contribution < 1.29 is 14.2 Å². The highest BCUT2D eigenvalue weighted by Gasteiger charge is 2.19. The van der Waals surface area contributed by atoms with Gasteiger partial charge in [0, 0.05) is 5.33 Å². The molecule has 1 aliphatic rings. The first-order valence-electron chi connectivity index (χ1n) is 6.72. The van der Waals surface area contributed by atoms with Crippen LogP contribution in [0.5, 0.6) is 17.2 Å². The van der Waals surface area contributed by atoms with Crippen LogP contribution in [-0.4, -0.2) is 20.8 Å². The van der Waals surface area contributed by atoms with Crippen molar-refractivity contribution in [3.63, 3.8) is 0 Å². The Labute approximate surface area is 123 Å². The highest BCUT2D eigenvalue weighted by atomic mass is 79.9. The largest absolute Gasteiger partial charge is 0.493 e. The van der Waals surface area contributed by atoms with Crippen LogP contribution in [-0.2, 0) is 5.33 Å². The zero-order valence-electron chi connectivity index (χ0n) is 11.6. The van der Waals surface area contributed by atoms with Gasteiger partial charge in [-0.3, -0.25) is 0 Å². The van der Waals surface area contributed by atoms with Gasteiger partial charge >= 0.3 is 0 Å². The van der Waals surface area contributed by atoms with E-state index in [2.05, 4.69) is 15.9 Å². The summed E-state index contributed by atoms with van der Waals surface area (Å²) in [5.74, 6) is 2.88. The molecule has 0 N–H and O–H groups in total. The summed E-state index contributed by atoms with van der Waals surface area (Å²) >= 11 is 3.45. The molecule has 0 bridgehead atoms. The lowest BCUT2D eigenvalue weighted by molar-refractivity contribution is 0.229. The molecule has 4 heteroatoms. The maximum Gasteiger partial charge on any atom is 0.203 e. The van der Waals surface area contributed by atoms with Crippen molar-refractivity contribution in [2.75, 3.05) is 20.8 Å². The van der Waals surface area contributed by atoms with Crippen LogP contribution in [0.25, 0.3) is 0 Å². The van der Waals surface area contributed by atoms with Gasteiger partial charge in [0.1, 0.15) is 0 Å². The van der Waals surface area contributed by atoms with Crippen molar-refractivity contribution in [2.24, 2.45) is 5.92 Å². The molecule has 2 rings (SSSR count). The van der Waals surface area contributed by atoms with Crippen LogP contribution < -0.4 is 14.2 Å². The Hall–Kier alpha value is -0.900. The molecule has 1 fully saturated rings. The summed E-state index contributed by atoms with van der Waals surface area (Å²) in [6, 6.07) is 3.97. The molecule has 106 valence electrons. The summed E-state index contributed by atoms with van der Waals surface area (Å²) in [5, 5.41) is 0.766. The average Bonchev–Trinajstić information content (AvgIpc) is 2.97. The van der Waals surface area contributed by atoms with Gasteiger partial charge in [0.15, 0.2) is 11.5 Å². The second-order valence-electron chi connectivity index (χ2n) is 4.92. The van der Waals surface area contributed by atoms with Crippen LogP contribution in [0, 0.1) is 5.92 Å². The number of ether oxygens (including phenoxy) is 3. The molecule has 0 spiro atoms. The summed E-state index contributed by atoms with van der Waals surface area (Å²) in [6.07, 6.45) is 5.18. The number of rotatable bonds is 6. The Kier molecular flexibility index (Phi) is 5.37. The van der Waals surface area contributed by atoms with Crippen LogP contribution in [0.1, 0.15) is 31.2 Å². The Morgan fingerprint density at radius 3 is 2.16 bits per heavy atom. The molecule has 1 aromatic carbocycles. The van der Waals surface area contributed by atoms with Crippen molar-refractivity contribution in [3.8, 4) is 17.2 Å². The summed E-state index contributed by atoms with van der Waals surface area (Å²) in [6.45, 7) is 0.750. The fraction of sp³-hybridized carbons (Fsp3) is 0.600. The number of alkyl halides is 1. The van der Waals surface area contributed by atoms with Crippen LogP contribution in [0.4, 0.5) is 0 Å². The molecule has 3 nitrogen and oxygen atoms in total.